The van der Waals surface area contributed by atoms with E-state index in [1.807, 2.05) is 25.1 Å². The van der Waals surface area contributed by atoms with Crippen molar-refractivity contribution in [2.45, 2.75) is 32.6 Å². The smallest absolute Gasteiger partial charge is 0.307 e. The number of nitrogens with one attached hydrogen (secondary N) is 1. The maximum Gasteiger partial charge on any atom is 0.307 e. The Morgan fingerprint density at radius 2 is 1.67 bits per heavy atom. The summed E-state index contributed by atoms with van der Waals surface area (Å²) in [5, 5.41) is 11.6. The zero-order valence-electron chi connectivity index (χ0n) is 13.9. The number of hydrogen-bond donors (Lipinski definition) is 2. The average molecular weight is 325 g/mol. The highest BCUT2D eigenvalue weighted by atomic mass is 16.4. The molecule has 0 aromatic heterocycles. The van der Waals surface area contributed by atoms with Crippen molar-refractivity contribution in [1.29, 1.82) is 0 Å². The summed E-state index contributed by atoms with van der Waals surface area (Å²) in [5.74, 6) is -0.930. The van der Waals surface area contributed by atoms with Crippen molar-refractivity contribution in [3.05, 3.63) is 65.7 Å². The highest BCUT2D eigenvalue weighted by Crippen LogP contribution is 2.15. The molecule has 2 rings (SSSR count). The van der Waals surface area contributed by atoms with E-state index in [0.717, 1.165) is 24.8 Å². The van der Waals surface area contributed by atoms with Gasteiger partial charge in [0.15, 0.2) is 0 Å². The first-order valence-corrected chi connectivity index (χ1v) is 8.20. The van der Waals surface area contributed by atoms with Crippen molar-refractivity contribution in [3.8, 4) is 0 Å². The summed E-state index contributed by atoms with van der Waals surface area (Å²) < 4.78 is 0. The number of carboxylic acids is 1. The van der Waals surface area contributed by atoms with E-state index in [4.69, 9.17) is 5.11 Å². The van der Waals surface area contributed by atoms with Crippen molar-refractivity contribution >= 4 is 17.6 Å². The van der Waals surface area contributed by atoms with Gasteiger partial charge in [-0.15, -0.1) is 0 Å². The molecule has 4 nitrogen and oxygen atoms in total. The van der Waals surface area contributed by atoms with Crippen LogP contribution < -0.4 is 5.32 Å². The molecule has 0 aliphatic heterocycles. The highest BCUT2D eigenvalue weighted by molar-refractivity contribution is 5.92. The molecule has 0 spiro atoms. The van der Waals surface area contributed by atoms with Crippen molar-refractivity contribution in [2.24, 2.45) is 5.92 Å². The largest absolute Gasteiger partial charge is 0.481 e. The Morgan fingerprint density at radius 3 is 2.29 bits per heavy atom. The Labute approximate surface area is 142 Å². The van der Waals surface area contributed by atoms with Crippen LogP contribution in [0.25, 0.3) is 0 Å². The maximum atomic E-state index is 12.2. The molecule has 0 aliphatic carbocycles. The number of hydrogen-bond acceptors (Lipinski definition) is 2. The van der Waals surface area contributed by atoms with E-state index in [2.05, 4.69) is 17.4 Å². The lowest BCUT2D eigenvalue weighted by molar-refractivity contribution is -0.136. The summed E-state index contributed by atoms with van der Waals surface area (Å²) >= 11 is 0. The number of benzene rings is 2. The number of aryl methyl sites for hydroxylation is 1. The average Bonchev–Trinajstić information content (AvgIpc) is 2.57. The van der Waals surface area contributed by atoms with Gasteiger partial charge in [-0.3, -0.25) is 9.59 Å². The number of carbonyl (C=O) groups is 2. The second-order valence-corrected chi connectivity index (χ2v) is 6.04. The first-order valence-electron chi connectivity index (χ1n) is 8.20. The number of carboxylic acid groups (broad SMARTS) is 1. The number of anilines is 1. The van der Waals surface area contributed by atoms with E-state index in [-0.39, 0.29) is 18.2 Å². The van der Waals surface area contributed by atoms with E-state index in [9.17, 15) is 9.59 Å². The topological polar surface area (TPSA) is 66.4 Å². The van der Waals surface area contributed by atoms with Crippen LogP contribution in [0.3, 0.4) is 0 Å². The number of aliphatic carboxylic acids is 1. The number of rotatable bonds is 8. The third-order valence-corrected chi connectivity index (χ3v) is 3.97. The molecule has 0 radical (unpaired) electrons. The Balaban J connectivity index is 1.77. The summed E-state index contributed by atoms with van der Waals surface area (Å²) in [4.78, 5) is 22.9. The molecule has 0 aliphatic rings. The van der Waals surface area contributed by atoms with Crippen molar-refractivity contribution in [2.75, 3.05) is 5.32 Å². The van der Waals surface area contributed by atoms with Crippen LogP contribution in [0, 0.1) is 5.92 Å². The Morgan fingerprint density at radius 1 is 1.00 bits per heavy atom. The predicted molar refractivity (Wildman–Crippen MR) is 95.0 cm³/mol. The van der Waals surface area contributed by atoms with Crippen LogP contribution in [0.2, 0.25) is 0 Å². The van der Waals surface area contributed by atoms with Crippen LogP contribution in [-0.4, -0.2) is 17.0 Å². The van der Waals surface area contributed by atoms with E-state index < -0.39 is 5.97 Å². The summed E-state index contributed by atoms with van der Waals surface area (Å²) in [6.07, 6.45) is 2.76. The van der Waals surface area contributed by atoms with Gasteiger partial charge in [-0.2, -0.15) is 0 Å². The van der Waals surface area contributed by atoms with Gasteiger partial charge in [-0.05, 0) is 42.5 Å². The van der Waals surface area contributed by atoms with Crippen LogP contribution in [-0.2, 0) is 22.4 Å². The van der Waals surface area contributed by atoms with Crippen LogP contribution in [0.5, 0.6) is 0 Å². The van der Waals surface area contributed by atoms with Gasteiger partial charge < -0.3 is 10.4 Å². The molecule has 2 N–H and O–H groups in total. The lowest BCUT2D eigenvalue weighted by Gasteiger charge is -2.12. The maximum absolute atomic E-state index is 12.2. The van der Waals surface area contributed by atoms with Gasteiger partial charge in [0.2, 0.25) is 5.91 Å². The number of amides is 1. The third-order valence-electron chi connectivity index (χ3n) is 3.97. The quantitative estimate of drug-likeness (QED) is 0.773. The summed E-state index contributed by atoms with van der Waals surface area (Å²) in [6.45, 7) is 1.93. The highest BCUT2D eigenvalue weighted by Gasteiger charge is 2.13. The minimum atomic E-state index is -0.862. The molecular weight excluding hydrogens is 302 g/mol. The van der Waals surface area contributed by atoms with Gasteiger partial charge in [-0.25, -0.2) is 0 Å². The van der Waals surface area contributed by atoms with E-state index >= 15 is 0 Å². The molecule has 2 aromatic rings. The van der Waals surface area contributed by atoms with E-state index in [1.54, 1.807) is 24.3 Å². The van der Waals surface area contributed by atoms with Crippen LogP contribution in [0.15, 0.2) is 54.6 Å². The molecule has 0 saturated heterocycles. The zero-order valence-corrected chi connectivity index (χ0v) is 13.9. The molecule has 4 heteroatoms. The molecule has 0 saturated carbocycles. The SMILES string of the molecule is CC(CCCc1ccccc1)C(=O)Nc1ccc(CC(=O)O)cc1. The lowest BCUT2D eigenvalue weighted by Crippen LogP contribution is -2.20. The Hall–Kier alpha value is -2.62. The molecule has 1 amide bonds. The third kappa shape index (κ3) is 5.88. The molecule has 24 heavy (non-hydrogen) atoms. The Kier molecular flexibility index (Phi) is 6.55. The van der Waals surface area contributed by atoms with Crippen molar-refractivity contribution < 1.29 is 14.7 Å². The van der Waals surface area contributed by atoms with Crippen LogP contribution >= 0.6 is 0 Å². The zero-order chi connectivity index (χ0) is 17.4. The molecule has 0 heterocycles. The second kappa shape index (κ2) is 8.87. The van der Waals surface area contributed by atoms with Gasteiger partial charge in [0.25, 0.3) is 0 Å². The Bertz CT molecular complexity index is 665. The van der Waals surface area contributed by atoms with E-state index in [0.29, 0.717) is 5.69 Å². The summed E-state index contributed by atoms with van der Waals surface area (Å²) in [7, 11) is 0. The van der Waals surface area contributed by atoms with Gasteiger partial charge in [-0.1, -0.05) is 49.4 Å². The molecular formula is C20H23NO3. The molecule has 0 fully saturated rings. The minimum absolute atomic E-state index is 0.00551. The standard InChI is InChI=1S/C20H23NO3/c1-15(6-5-9-16-7-3-2-4-8-16)20(24)21-18-12-10-17(11-13-18)14-19(22)23/h2-4,7-8,10-13,15H,5-6,9,14H2,1H3,(H,21,24)(H,22,23). The first kappa shape index (κ1) is 17.7. The fourth-order valence-electron chi connectivity index (χ4n) is 2.53. The molecule has 1 atom stereocenters. The fourth-order valence-corrected chi connectivity index (χ4v) is 2.53. The predicted octanol–water partition coefficient (Wildman–Crippen LogP) is 3.91. The van der Waals surface area contributed by atoms with Crippen molar-refractivity contribution in [3.63, 3.8) is 0 Å². The second-order valence-electron chi connectivity index (χ2n) is 6.04. The lowest BCUT2D eigenvalue weighted by atomic mass is 10.0. The van der Waals surface area contributed by atoms with Gasteiger partial charge >= 0.3 is 5.97 Å². The first-order chi connectivity index (χ1) is 11.5. The molecule has 2 aromatic carbocycles. The summed E-state index contributed by atoms with van der Waals surface area (Å²) in [5.41, 5.74) is 2.71. The number of carbonyl (C=O) groups excluding carboxylic acids is 1. The fraction of sp³-hybridized carbons (Fsp3) is 0.300. The summed E-state index contributed by atoms with van der Waals surface area (Å²) in [6, 6.07) is 17.2. The minimum Gasteiger partial charge on any atom is -0.481 e. The monoisotopic (exact) mass is 325 g/mol. The molecule has 1 unspecified atom stereocenters. The van der Waals surface area contributed by atoms with E-state index in [1.165, 1.54) is 5.56 Å². The van der Waals surface area contributed by atoms with Gasteiger partial charge in [0.1, 0.15) is 0 Å². The van der Waals surface area contributed by atoms with Crippen molar-refractivity contribution in [1.82, 2.24) is 0 Å². The normalized spacial score (nSPS) is 11.7. The molecule has 126 valence electrons. The molecule has 0 bridgehead atoms. The van der Waals surface area contributed by atoms with Gasteiger partial charge in [0.05, 0.1) is 6.42 Å². The van der Waals surface area contributed by atoms with Crippen LogP contribution in [0.4, 0.5) is 5.69 Å². The van der Waals surface area contributed by atoms with Gasteiger partial charge in [0, 0.05) is 11.6 Å². The van der Waals surface area contributed by atoms with Crippen LogP contribution in [0.1, 0.15) is 30.9 Å².